The van der Waals surface area contributed by atoms with Crippen molar-refractivity contribution in [3.63, 3.8) is 0 Å². The first-order valence-electron chi connectivity index (χ1n) is 10.7. The van der Waals surface area contributed by atoms with Crippen molar-refractivity contribution in [2.75, 3.05) is 6.61 Å². The van der Waals surface area contributed by atoms with Gasteiger partial charge in [0.25, 0.3) is 5.91 Å². The van der Waals surface area contributed by atoms with Crippen molar-refractivity contribution in [3.05, 3.63) is 65.7 Å². The molecule has 164 valence electrons. The summed E-state index contributed by atoms with van der Waals surface area (Å²) in [6, 6.07) is 15.9. The first-order valence-corrected chi connectivity index (χ1v) is 10.7. The number of esters is 1. The molecule has 1 fully saturated rings. The lowest BCUT2D eigenvalue weighted by atomic mass is 9.97. The van der Waals surface area contributed by atoms with E-state index in [1.54, 1.807) is 43.3 Å². The lowest BCUT2D eigenvalue weighted by Gasteiger charge is -2.40. The van der Waals surface area contributed by atoms with Gasteiger partial charge in [0.05, 0.1) is 0 Å². The Kier molecular flexibility index (Phi) is 7.45. The van der Waals surface area contributed by atoms with Gasteiger partial charge in [-0.3, -0.25) is 9.59 Å². The number of hydrogen-bond donors (Lipinski definition) is 0. The van der Waals surface area contributed by atoms with Gasteiger partial charge in [0, 0.05) is 23.2 Å². The highest BCUT2D eigenvalue weighted by atomic mass is 16.6. The summed E-state index contributed by atoms with van der Waals surface area (Å²) >= 11 is 0. The van der Waals surface area contributed by atoms with Crippen LogP contribution in [0.3, 0.4) is 0 Å². The van der Waals surface area contributed by atoms with Crippen molar-refractivity contribution in [3.8, 4) is 5.75 Å². The summed E-state index contributed by atoms with van der Waals surface area (Å²) in [6.07, 6.45) is 2.17. The predicted octanol–water partition coefficient (Wildman–Crippen LogP) is 4.02. The zero-order valence-electron chi connectivity index (χ0n) is 18.2. The van der Waals surface area contributed by atoms with E-state index in [1.807, 2.05) is 36.9 Å². The van der Waals surface area contributed by atoms with Crippen LogP contribution >= 0.6 is 0 Å². The van der Waals surface area contributed by atoms with E-state index in [0.29, 0.717) is 16.9 Å². The number of hydrogen-bond acceptors (Lipinski definition) is 5. The minimum atomic E-state index is -0.857. The van der Waals surface area contributed by atoms with Crippen LogP contribution in [0.2, 0.25) is 0 Å². The number of carbonyl (C=O) groups is 3. The minimum Gasteiger partial charge on any atom is -0.482 e. The average molecular weight is 424 g/mol. The molecule has 3 atom stereocenters. The minimum absolute atomic E-state index is 0.0833. The summed E-state index contributed by atoms with van der Waals surface area (Å²) in [5.74, 6) is -0.418. The number of rotatable bonds is 7. The topological polar surface area (TPSA) is 72.9 Å². The molecule has 0 saturated carbocycles. The SMILES string of the molecule is C[C@@H](OC(=O)COc1ccc(C(=O)c2ccccc2)cc1)C(=O)N1[C@@H](C)CCC[C@@H]1C. The molecule has 3 rings (SSSR count). The predicted molar refractivity (Wildman–Crippen MR) is 117 cm³/mol. The fourth-order valence-corrected chi connectivity index (χ4v) is 3.95. The summed E-state index contributed by atoms with van der Waals surface area (Å²) < 4.78 is 10.8. The summed E-state index contributed by atoms with van der Waals surface area (Å²) in [5, 5.41) is 0. The number of benzene rings is 2. The molecular weight excluding hydrogens is 394 g/mol. The molecule has 0 aliphatic carbocycles. The Morgan fingerprint density at radius 1 is 0.935 bits per heavy atom. The second kappa shape index (κ2) is 10.2. The maximum absolute atomic E-state index is 12.7. The molecule has 1 aliphatic heterocycles. The molecule has 1 saturated heterocycles. The smallest absolute Gasteiger partial charge is 0.344 e. The molecule has 1 amide bonds. The van der Waals surface area contributed by atoms with Gasteiger partial charge >= 0.3 is 5.97 Å². The number of ketones is 1. The normalized spacial score (nSPS) is 19.4. The Morgan fingerprint density at radius 3 is 2.13 bits per heavy atom. The van der Waals surface area contributed by atoms with Crippen LogP contribution in [0.5, 0.6) is 5.75 Å². The molecule has 1 heterocycles. The van der Waals surface area contributed by atoms with Crippen molar-refractivity contribution < 1.29 is 23.9 Å². The quantitative estimate of drug-likeness (QED) is 0.497. The summed E-state index contributed by atoms with van der Waals surface area (Å²) in [4.78, 5) is 39.1. The van der Waals surface area contributed by atoms with Crippen LogP contribution in [-0.2, 0) is 14.3 Å². The number of carbonyl (C=O) groups excluding carboxylic acids is 3. The van der Waals surface area contributed by atoms with Gasteiger partial charge in [-0.25, -0.2) is 4.79 Å². The van der Waals surface area contributed by atoms with E-state index in [1.165, 1.54) is 0 Å². The molecule has 0 spiro atoms. The van der Waals surface area contributed by atoms with Gasteiger partial charge in [0.15, 0.2) is 18.5 Å². The highest BCUT2D eigenvalue weighted by Crippen LogP contribution is 2.24. The van der Waals surface area contributed by atoms with Crippen molar-refractivity contribution in [2.24, 2.45) is 0 Å². The zero-order valence-corrected chi connectivity index (χ0v) is 18.2. The first-order chi connectivity index (χ1) is 14.9. The third kappa shape index (κ3) is 5.72. The molecular formula is C25H29NO5. The lowest BCUT2D eigenvalue weighted by Crippen LogP contribution is -2.51. The van der Waals surface area contributed by atoms with Crippen LogP contribution in [0.15, 0.2) is 54.6 Å². The molecule has 0 aromatic heterocycles. The molecule has 31 heavy (non-hydrogen) atoms. The fourth-order valence-electron chi connectivity index (χ4n) is 3.95. The second-order valence-corrected chi connectivity index (χ2v) is 8.01. The van der Waals surface area contributed by atoms with Crippen molar-refractivity contribution in [1.29, 1.82) is 0 Å². The number of amides is 1. The molecule has 0 radical (unpaired) electrons. The van der Waals surface area contributed by atoms with E-state index < -0.39 is 12.1 Å². The molecule has 2 aromatic rings. The Balaban J connectivity index is 1.50. The highest BCUT2D eigenvalue weighted by molar-refractivity contribution is 6.09. The molecule has 0 N–H and O–H groups in total. The molecule has 1 aliphatic rings. The van der Waals surface area contributed by atoms with Crippen LogP contribution < -0.4 is 4.74 Å². The van der Waals surface area contributed by atoms with Gasteiger partial charge in [0.1, 0.15) is 5.75 Å². The lowest BCUT2D eigenvalue weighted by molar-refractivity contribution is -0.163. The molecule has 0 unspecified atom stereocenters. The number of nitrogens with zero attached hydrogens (tertiary/aromatic N) is 1. The largest absolute Gasteiger partial charge is 0.482 e. The van der Waals surface area contributed by atoms with Crippen LogP contribution in [0.25, 0.3) is 0 Å². The van der Waals surface area contributed by atoms with E-state index in [4.69, 9.17) is 9.47 Å². The number of ether oxygens (including phenoxy) is 2. The van der Waals surface area contributed by atoms with E-state index in [0.717, 1.165) is 19.3 Å². The van der Waals surface area contributed by atoms with E-state index in [2.05, 4.69) is 0 Å². The second-order valence-electron chi connectivity index (χ2n) is 8.01. The summed E-state index contributed by atoms with van der Waals surface area (Å²) in [6.45, 7) is 5.34. The third-order valence-corrected chi connectivity index (χ3v) is 5.61. The Bertz CT molecular complexity index is 899. The van der Waals surface area contributed by atoms with Gasteiger partial charge < -0.3 is 14.4 Å². The van der Waals surface area contributed by atoms with Gasteiger partial charge in [-0.05, 0) is 64.3 Å². The zero-order chi connectivity index (χ0) is 22.4. The maximum atomic E-state index is 12.7. The standard InChI is InChI=1S/C25H29NO5/c1-17-8-7-9-18(2)26(17)25(29)19(3)31-23(27)16-30-22-14-12-21(13-15-22)24(28)20-10-5-4-6-11-20/h4-6,10-15,17-19H,7-9,16H2,1-3H3/t17-,18-,19+/m0/s1. The summed E-state index contributed by atoms with van der Waals surface area (Å²) in [5.41, 5.74) is 1.14. The van der Waals surface area contributed by atoms with Gasteiger partial charge in [-0.1, -0.05) is 30.3 Å². The number of likely N-dealkylation sites (tertiary alicyclic amines) is 1. The van der Waals surface area contributed by atoms with Crippen LogP contribution in [0, 0.1) is 0 Å². The fraction of sp³-hybridized carbons (Fsp3) is 0.400. The summed E-state index contributed by atoms with van der Waals surface area (Å²) in [7, 11) is 0. The molecule has 0 bridgehead atoms. The Hall–Kier alpha value is -3.15. The molecule has 6 heteroatoms. The van der Waals surface area contributed by atoms with Gasteiger partial charge in [-0.2, -0.15) is 0 Å². The Morgan fingerprint density at radius 2 is 1.52 bits per heavy atom. The molecule has 2 aromatic carbocycles. The van der Waals surface area contributed by atoms with Crippen LogP contribution in [0.4, 0.5) is 0 Å². The van der Waals surface area contributed by atoms with E-state index >= 15 is 0 Å². The van der Waals surface area contributed by atoms with Crippen molar-refractivity contribution in [2.45, 2.75) is 58.2 Å². The Labute approximate surface area is 183 Å². The molecule has 6 nitrogen and oxygen atoms in total. The van der Waals surface area contributed by atoms with E-state index in [-0.39, 0.29) is 30.4 Å². The monoisotopic (exact) mass is 423 g/mol. The highest BCUT2D eigenvalue weighted by Gasteiger charge is 2.33. The number of piperidine rings is 1. The van der Waals surface area contributed by atoms with Gasteiger partial charge in [-0.15, -0.1) is 0 Å². The van der Waals surface area contributed by atoms with Crippen molar-refractivity contribution in [1.82, 2.24) is 4.90 Å². The van der Waals surface area contributed by atoms with Crippen molar-refractivity contribution >= 4 is 17.7 Å². The third-order valence-electron chi connectivity index (χ3n) is 5.61. The van der Waals surface area contributed by atoms with E-state index in [9.17, 15) is 14.4 Å². The van der Waals surface area contributed by atoms with Gasteiger partial charge in [0.2, 0.25) is 0 Å². The average Bonchev–Trinajstić information content (AvgIpc) is 2.78. The van der Waals surface area contributed by atoms with Crippen LogP contribution in [0.1, 0.15) is 56.0 Å². The van der Waals surface area contributed by atoms with Crippen LogP contribution in [-0.4, -0.2) is 47.4 Å². The maximum Gasteiger partial charge on any atom is 0.344 e. The first kappa shape index (κ1) is 22.5.